The molecule has 0 saturated carbocycles. The van der Waals surface area contributed by atoms with Gasteiger partial charge < -0.3 is 15.0 Å². The van der Waals surface area contributed by atoms with E-state index in [1.165, 1.54) is 5.56 Å². The van der Waals surface area contributed by atoms with Gasteiger partial charge in [0.2, 0.25) is 0 Å². The number of nitrogens with one attached hydrogen (secondary N) is 2. The molecular formula is C22H26N2O2. The van der Waals surface area contributed by atoms with Gasteiger partial charge in [-0.05, 0) is 17.2 Å². The number of hydrogen-bond donors (Lipinski definition) is 2. The van der Waals surface area contributed by atoms with Crippen LogP contribution in [0.2, 0.25) is 0 Å². The molecular weight excluding hydrogens is 324 g/mol. The highest BCUT2D eigenvalue weighted by Gasteiger charge is 2.22. The topological polar surface area (TPSA) is 54.1 Å². The Morgan fingerprint density at radius 1 is 1.08 bits per heavy atom. The van der Waals surface area contributed by atoms with Crippen molar-refractivity contribution < 1.29 is 9.53 Å². The molecule has 0 aliphatic heterocycles. The highest BCUT2D eigenvalue weighted by Crippen LogP contribution is 2.19. The Morgan fingerprint density at radius 3 is 2.58 bits per heavy atom. The third-order valence-electron chi connectivity index (χ3n) is 4.40. The second-order valence-electron chi connectivity index (χ2n) is 6.84. The first-order valence-electron chi connectivity index (χ1n) is 9.15. The number of benzene rings is 2. The molecule has 2 N–H and O–H groups in total. The minimum Gasteiger partial charge on any atom is -0.464 e. The molecule has 0 radical (unpaired) electrons. The van der Waals surface area contributed by atoms with Gasteiger partial charge in [0.05, 0.1) is 6.61 Å². The lowest BCUT2D eigenvalue weighted by atomic mass is 10.0. The van der Waals surface area contributed by atoms with E-state index >= 15 is 0 Å². The maximum absolute atomic E-state index is 12.6. The Labute approximate surface area is 154 Å². The average Bonchev–Trinajstić information content (AvgIpc) is 3.05. The van der Waals surface area contributed by atoms with Crippen LogP contribution in [0.15, 0.2) is 60.8 Å². The maximum Gasteiger partial charge on any atom is 0.323 e. The average molecular weight is 350 g/mol. The van der Waals surface area contributed by atoms with Crippen molar-refractivity contribution in [1.29, 1.82) is 0 Å². The first kappa shape index (κ1) is 18.2. The van der Waals surface area contributed by atoms with Gasteiger partial charge in [-0.15, -0.1) is 0 Å². The Hall–Kier alpha value is -2.59. The molecule has 0 aliphatic rings. The van der Waals surface area contributed by atoms with Gasteiger partial charge in [-0.3, -0.25) is 4.79 Å². The number of carbonyl (C=O) groups excluding carboxylic acids is 1. The third-order valence-corrected chi connectivity index (χ3v) is 4.40. The van der Waals surface area contributed by atoms with Crippen molar-refractivity contribution in [3.63, 3.8) is 0 Å². The van der Waals surface area contributed by atoms with Crippen molar-refractivity contribution in [2.75, 3.05) is 6.61 Å². The summed E-state index contributed by atoms with van der Waals surface area (Å²) >= 11 is 0. The Balaban J connectivity index is 1.64. The Morgan fingerprint density at radius 2 is 1.81 bits per heavy atom. The van der Waals surface area contributed by atoms with Crippen molar-refractivity contribution in [2.45, 2.75) is 38.8 Å². The van der Waals surface area contributed by atoms with Gasteiger partial charge in [0.15, 0.2) is 0 Å². The van der Waals surface area contributed by atoms with Gasteiger partial charge in [-0.2, -0.15) is 0 Å². The number of H-pyrrole nitrogens is 1. The highest BCUT2D eigenvalue weighted by molar-refractivity contribution is 5.84. The van der Waals surface area contributed by atoms with Crippen LogP contribution in [-0.2, 0) is 22.4 Å². The second kappa shape index (κ2) is 8.68. The van der Waals surface area contributed by atoms with Crippen molar-refractivity contribution in [3.05, 3.63) is 71.9 Å². The molecule has 0 bridgehead atoms. The molecule has 26 heavy (non-hydrogen) atoms. The second-order valence-corrected chi connectivity index (χ2v) is 6.84. The number of ether oxygens (including phenoxy) is 1. The monoisotopic (exact) mass is 350 g/mol. The summed E-state index contributed by atoms with van der Waals surface area (Å²) in [5.41, 5.74) is 3.38. The number of rotatable bonds is 8. The van der Waals surface area contributed by atoms with E-state index in [1.54, 1.807) is 0 Å². The van der Waals surface area contributed by atoms with Gasteiger partial charge in [0.1, 0.15) is 6.04 Å². The molecule has 1 aromatic heterocycles. The van der Waals surface area contributed by atoms with E-state index in [0.29, 0.717) is 13.0 Å². The summed E-state index contributed by atoms with van der Waals surface area (Å²) in [5, 5.41) is 4.50. The minimum absolute atomic E-state index is 0.195. The van der Waals surface area contributed by atoms with E-state index in [2.05, 4.69) is 16.4 Å². The predicted octanol–water partition coefficient (Wildman–Crippen LogP) is 3.86. The van der Waals surface area contributed by atoms with Crippen LogP contribution in [0.3, 0.4) is 0 Å². The van der Waals surface area contributed by atoms with E-state index in [-0.39, 0.29) is 18.1 Å². The summed E-state index contributed by atoms with van der Waals surface area (Å²) in [6.45, 7) is 4.48. The van der Waals surface area contributed by atoms with E-state index < -0.39 is 0 Å². The van der Waals surface area contributed by atoms with Crippen molar-refractivity contribution in [1.82, 2.24) is 10.3 Å². The van der Waals surface area contributed by atoms with E-state index in [1.807, 2.05) is 68.6 Å². The predicted molar refractivity (Wildman–Crippen MR) is 105 cm³/mol. The van der Waals surface area contributed by atoms with Crippen LogP contribution in [0.4, 0.5) is 0 Å². The molecule has 0 fully saturated rings. The third kappa shape index (κ3) is 4.73. The molecule has 3 rings (SSSR count). The van der Waals surface area contributed by atoms with Gasteiger partial charge in [-0.1, -0.05) is 62.4 Å². The number of hydrogen-bond acceptors (Lipinski definition) is 3. The van der Waals surface area contributed by atoms with Crippen LogP contribution in [0.5, 0.6) is 0 Å². The zero-order chi connectivity index (χ0) is 18.4. The largest absolute Gasteiger partial charge is 0.464 e. The molecule has 0 aliphatic carbocycles. The van der Waals surface area contributed by atoms with Crippen LogP contribution < -0.4 is 5.32 Å². The van der Waals surface area contributed by atoms with Gasteiger partial charge in [0.25, 0.3) is 0 Å². The molecule has 4 nitrogen and oxygen atoms in total. The Bertz CT molecular complexity index is 839. The SMILES string of the molecule is CC(C)N[C@@H](Cc1c[nH]c2ccccc12)C(=O)OCCc1ccccc1. The van der Waals surface area contributed by atoms with E-state index in [0.717, 1.165) is 22.9 Å². The van der Waals surface area contributed by atoms with Crippen LogP contribution in [-0.4, -0.2) is 29.6 Å². The van der Waals surface area contributed by atoms with Crippen LogP contribution >= 0.6 is 0 Å². The molecule has 3 aromatic rings. The standard InChI is InChI=1S/C22H26N2O2/c1-16(2)24-21(14-18-15-23-20-11-7-6-10-19(18)20)22(25)26-13-12-17-8-4-3-5-9-17/h3-11,15-16,21,23-24H,12-14H2,1-2H3/t21-/m0/s1. The lowest BCUT2D eigenvalue weighted by Crippen LogP contribution is -2.43. The fourth-order valence-corrected chi connectivity index (χ4v) is 3.15. The van der Waals surface area contributed by atoms with Crippen molar-refractivity contribution in [2.24, 2.45) is 0 Å². The van der Waals surface area contributed by atoms with Crippen LogP contribution in [0, 0.1) is 0 Å². The smallest absolute Gasteiger partial charge is 0.323 e. The van der Waals surface area contributed by atoms with Crippen LogP contribution in [0.1, 0.15) is 25.0 Å². The van der Waals surface area contributed by atoms with E-state index in [4.69, 9.17) is 4.74 Å². The Kier molecular flexibility index (Phi) is 6.08. The maximum atomic E-state index is 12.6. The van der Waals surface area contributed by atoms with Crippen molar-refractivity contribution >= 4 is 16.9 Å². The molecule has 1 atom stereocenters. The number of fused-ring (bicyclic) bond motifs is 1. The lowest BCUT2D eigenvalue weighted by molar-refractivity contribution is -0.146. The van der Waals surface area contributed by atoms with Gasteiger partial charge in [-0.25, -0.2) is 0 Å². The van der Waals surface area contributed by atoms with E-state index in [9.17, 15) is 4.79 Å². The molecule has 0 spiro atoms. The van der Waals surface area contributed by atoms with Crippen LogP contribution in [0.25, 0.3) is 10.9 Å². The molecule has 4 heteroatoms. The highest BCUT2D eigenvalue weighted by atomic mass is 16.5. The van der Waals surface area contributed by atoms with Gasteiger partial charge in [0, 0.05) is 36.0 Å². The first-order valence-corrected chi connectivity index (χ1v) is 9.15. The number of aromatic nitrogens is 1. The first-order chi connectivity index (χ1) is 12.6. The summed E-state index contributed by atoms with van der Waals surface area (Å²) in [6, 6.07) is 18.1. The normalized spacial score (nSPS) is 12.4. The summed E-state index contributed by atoms with van der Waals surface area (Å²) in [5.74, 6) is -0.195. The quantitative estimate of drug-likeness (QED) is 0.607. The fourth-order valence-electron chi connectivity index (χ4n) is 3.15. The lowest BCUT2D eigenvalue weighted by Gasteiger charge is -2.20. The van der Waals surface area contributed by atoms with Crippen molar-refractivity contribution in [3.8, 4) is 0 Å². The van der Waals surface area contributed by atoms with Gasteiger partial charge >= 0.3 is 5.97 Å². The summed E-state index contributed by atoms with van der Waals surface area (Å²) in [6.07, 6.45) is 3.32. The number of esters is 1. The summed E-state index contributed by atoms with van der Waals surface area (Å²) < 4.78 is 5.56. The molecule has 0 amide bonds. The molecule has 0 unspecified atom stereocenters. The zero-order valence-electron chi connectivity index (χ0n) is 15.4. The zero-order valence-corrected chi connectivity index (χ0v) is 15.4. The number of carbonyl (C=O) groups is 1. The number of aromatic amines is 1. The molecule has 136 valence electrons. The summed E-state index contributed by atoms with van der Waals surface area (Å²) in [4.78, 5) is 15.9. The molecule has 0 saturated heterocycles. The molecule has 1 heterocycles. The minimum atomic E-state index is -0.357. The molecule has 2 aromatic carbocycles. The summed E-state index contributed by atoms with van der Waals surface area (Å²) in [7, 11) is 0. The fraction of sp³-hybridized carbons (Fsp3) is 0.318. The number of para-hydroxylation sites is 1.